The summed E-state index contributed by atoms with van der Waals surface area (Å²) in [5.74, 6) is 0.106. The van der Waals surface area contributed by atoms with Crippen LogP contribution < -0.4 is 5.32 Å². The van der Waals surface area contributed by atoms with E-state index in [0.717, 1.165) is 30.0 Å². The molecule has 0 radical (unpaired) electrons. The number of carbonyl (C=O) groups is 1. The molecule has 1 aromatic rings. The Labute approximate surface area is 124 Å². The van der Waals surface area contributed by atoms with E-state index in [2.05, 4.69) is 12.2 Å². The fourth-order valence-electron chi connectivity index (χ4n) is 3.81. The molecule has 1 aliphatic carbocycles. The van der Waals surface area contributed by atoms with E-state index in [1.165, 1.54) is 5.56 Å². The minimum Gasteiger partial charge on any atom is -0.381 e. The van der Waals surface area contributed by atoms with E-state index in [-0.39, 0.29) is 11.3 Å². The second-order valence-electron chi connectivity index (χ2n) is 5.87. The van der Waals surface area contributed by atoms with E-state index in [1.54, 1.807) is 0 Å². The molecule has 20 heavy (non-hydrogen) atoms. The fourth-order valence-corrected chi connectivity index (χ4v) is 3.98. The van der Waals surface area contributed by atoms with Crippen LogP contribution in [-0.4, -0.2) is 19.1 Å². The molecule has 2 unspecified atom stereocenters. The molecule has 3 nitrogen and oxygen atoms in total. The van der Waals surface area contributed by atoms with Crippen LogP contribution in [0.4, 0.5) is 5.69 Å². The third kappa shape index (κ3) is 1.73. The van der Waals surface area contributed by atoms with Gasteiger partial charge >= 0.3 is 0 Å². The molecular formula is C16H20ClNO2. The van der Waals surface area contributed by atoms with Crippen molar-refractivity contribution in [1.82, 2.24) is 0 Å². The minimum absolute atomic E-state index is 0.0838. The maximum atomic E-state index is 12.6. The highest BCUT2D eigenvalue weighted by Crippen LogP contribution is 2.70. The van der Waals surface area contributed by atoms with Gasteiger partial charge in [-0.05, 0) is 43.5 Å². The number of ether oxygens (including phenoxy) is 1. The van der Waals surface area contributed by atoms with Gasteiger partial charge in [0.15, 0.2) is 0 Å². The number of anilines is 1. The van der Waals surface area contributed by atoms with Crippen molar-refractivity contribution in [1.29, 1.82) is 0 Å². The van der Waals surface area contributed by atoms with E-state index < -0.39 is 5.41 Å². The van der Waals surface area contributed by atoms with Crippen LogP contribution in [0.15, 0.2) is 18.2 Å². The van der Waals surface area contributed by atoms with Crippen LogP contribution in [0.25, 0.3) is 0 Å². The third-order valence-corrected chi connectivity index (χ3v) is 5.04. The van der Waals surface area contributed by atoms with E-state index in [4.69, 9.17) is 16.3 Å². The largest absolute Gasteiger partial charge is 0.381 e. The average molecular weight is 294 g/mol. The summed E-state index contributed by atoms with van der Waals surface area (Å²) < 4.78 is 5.61. The first kappa shape index (κ1) is 13.9. The van der Waals surface area contributed by atoms with Crippen LogP contribution in [0.2, 0.25) is 5.02 Å². The van der Waals surface area contributed by atoms with Gasteiger partial charge in [0.05, 0.1) is 12.0 Å². The van der Waals surface area contributed by atoms with Crippen LogP contribution in [0.1, 0.15) is 38.7 Å². The van der Waals surface area contributed by atoms with Crippen LogP contribution in [0.5, 0.6) is 0 Å². The number of nitrogens with one attached hydrogen (secondary N) is 1. The van der Waals surface area contributed by atoms with Gasteiger partial charge in [-0.15, -0.1) is 0 Å². The molecule has 0 aromatic heterocycles. The monoisotopic (exact) mass is 293 g/mol. The number of amides is 1. The summed E-state index contributed by atoms with van der Waals surface area (Å²) in [5, 5.41) is 3.76. The highest BCUT2D eigenvalue weighted by Gasteiger charge is 2.74. The Morgan fingerprint density at radius 2 is 2.15 bits per heavy atom. The molecule has 0 bridgehead atoms. The summed E-state index contributed by atoms with van der Waals surface area (Å²) in [6.45, 7) is 5.27. The lowest BCUT2D eigenvalue weighted by atomic mass is 9.79. The second kappa shape index (κ2) is 4.74. The molecule has 3 rings (SSSR count). The van der Waals surface area contributed by atoms with Gasteiger partial charge in [0.1, 0.15) is 0 Å². The predicted molar refractivity (Wildman–Crippen MR) is 80.2 cm³/mol. The molecule has 1 heterocycles. The first-order valence-electron chi connectivity index (χ1n) is 7.29. The smallest absolute Gasteiger partial charge is 0.233 e. The summed E-state index contributed by atoms with van der Waals surface area (Å²) in [5.41, 5.74) is 1.62. The number of carbonyl (C=O) groups excluding carboxylic acids is 1. The van der Waals surface area contributed by atoms with Gasteiger partial charge in [-0.25, -0.2) is 0 Å². The summed E-state index contributed by atoms with van der Waals surface area (Å²) in [6, 6.07) is 5.76. The zero-order valence-corrected chi connectivity index (χ0v) is 12.7. The molecule has 4 heteroatoms. The molecule has 1 fully saturated rings. The van der Waals surface area contributed by atoms with E-state index in [9.17, 15) is 4.79 Å². The Kier molecular flexibility index (Phi) is 3.30. The highest BCUT2D eigenvalue weighted by atomic mass is 35.5. The van der Waals surface area contributed by atoms with Gasteiger partial charge in [-0.2, -0.15) is 0 Å². The minimum atomic E-state index is -0.392. The molecule has 108 valence electrons. The first-order chi connectivity index (χ1) is 9.59. The van der Waals surface area contributed by atoms with Crippen molar-refractivity contribution < 1.29 is 9.53 Å². The fraction of sp³-hybridized carbons (Fsp3) is 0.562. The zero-order chi connectivity index (χ0) is 14.4. The Bertz CT molecular complexity index is 559. The summed E-state index contributed by atoms with van der Waals surface area (Å²) in [4.78, 5) is 12.6. The van der Waals surface area contributed by atoms with Crippen LogP contribution >= 0.6 is 11.6 Å². The quantitative estimate of drug-likeness (QED) is 0.898. The zero-order valence-electron chi connectivity index (χ0n) is 12.0. The molecular weight excluding hydrogens is 274 g/mol. The van der Waals surface area contributed by atoms with Gasteiger partial charge in [0, 0.05) is 22.7 Å². The summed E-state index contributed by atoms with van der Waals surface area (Å²) in [6.07, 6.45) is 2.92. The van der Waals surface area contributed by atoms with Crippen LogP contribution in [0, 0.1) is 5.41 Å². The van der Waals surface area contributed by atoms with Crippen LogP contribution in [-0.2, 0) is 14.9 Å². The number of hydrogen-bond acceptors (Lipinski definition) is 2. The predicted octanol–water partition coefficient (Wildman–Crippen LogP) is 3.76. The number of benzene rings is 1. The number of rotatable bonds is 5. The lowest BCUT2D eigenvalue weighted by Gasteiger charge is -2.32. The normalized spacial score (nSPS) is 30.4. The Morgan fingerprint density at radius 3 is 2.85 bits per heavy atom. The summed E-state index contributed by atoms with van der Waals surface area (Å²) in [7, 11) is 0. The van der Waals surface area contributed by atoms with Gasteiger partial charge < -0.3 is 10.1 Å². The Hall–Kier alpha value is -1.06. The molecule has 0 saturated heterocycles. The molecule has 1 amide bonds. The van der Waals surface area contributed by atoms with Gasteiger partial charge in [-0.3, -0.25) is 4.79 Å². The topological polar surface area (TPSA) is 38.3 Å². The maximum Gasteiger partial charge on any atom is 0.233 e. The van der Waals surface area contributed by atoms with Gasteiger partial charge in [0.25, 0.3) is 0 Å². The average Bonchev–Trinajstić information content (AvgIpc) is 3.10. The molecule has 1 N–H and O–H groups in total. The molecule has 1 aromatic carbocycles. The van der Waals surface area contributed by atoms with Gasteiger partial charge in [0.2, 0.25) is 5.91 Å². The summed E-state index contributed by atoms with van der Waals surface area (Å²) >= 11 is 6.16. The van der Waals surface area contributed by atoms with Crippen molar-refractivity contribution in [2.75, 3.05) is 18.5 Å². The van der Waals surface area contributed by atoms with E-state index in [0.29, 0.717) is 13.2 Å². The van der Waals surface area contributed by atoms with Crippen molar-refractivity contribution in [2.45, 2.75) is 38.5 Å². The van der Waals surface area contributed by atoms with E-state index >= 15 is 0 Å². The number of hydrogen-bond donors (Lipinski definition) is 1. The first-order valence-corrected chi connectivity index (χ1v) is 7.66. The molecule has 2 atom stereocenters. The Balaban J connectivity index is 2.07. The highest BCUT2D eigenvalue weighted by molar-refractivity contribution is 6.30. The van der Waals surface area contributed by atoms with Crippen molar-refractivity contribution in [3.05, 3.63) is 28.8 Å². The van der Waals surface area contributed by atoms with E-state index in [1.807, 2.05) is 25.1 Å². The van der Waals surface area contributed by atoms with Gasteiger partial charge in [-0.1, -0.05) is 24.9 Å². The number of fused-ring (bicyclic) bond motifs is 3. The van der Waals surface area contributed by atoms with Crippen molar-refractivity contribution in [2.24, 2.45) is 5.41 Å². The molecule has 1 saturated carbocycles. The van der Waals surface area contributed by atoms with Crippen molar-refractivity contribution in [3.8, 4) is 0 Å². The maximum absolute atomic E-state index is 12.6. The van der Waals surface area contributed by atoms with Crippen LogP contribution in [0.3, 0.4) is 0 Å². The Morgan fingerprint density at radius 1 is 1.35 bits per heavy atom. The van der Waals surface area contributed by atoms with Crippen molar-refractivity contribution in [3.63, 3.8) is 0 Å². The number of halogens is 1. The second-order valence-corrected chi connectivity index (χ2v) is 6.31. The standard InChI is InChI=1S/C16H20ClNO2/c1-3-7-15-9-16(15,10-20-4-2)14(19)18-13-6-5-11(17)8-12(13)15/h5-6,8H,3-4,7,9-10H2,1-2H3,(H,18,19). The van der Waals surface area contributed by atoms with Crippen molar-refractivity contribution >= 4 is 23.2 Å². The molecule has 2 aliphatic rings. The molecule has 1 aliphatic heterocycles. The third-order valence-electron chi connectivity index (χ3n) is 4.80. The lowest BCUT2D eigenvalue weighted by Crippen LogP contribution is -2.40. The SMILES string of the molecule is CCCC12CC1(COCC)C(=O)Nc1ccc(Cl)cc12. The lowest BCUT2D eigenvalue weighted by molar-refractivity contribution is -0.124. The molecule has 0 spiro atoms.